The summed E-state index contributed by atoms with van der Waals surface area (Å²) in [4.78, 5) is 31.5. The second kappa shape index (κ2) is 8.80. The molecule has 0 spiro atoms. The van der Waals surface area contributed by atoms with Gasteiger partial charge in [-0.2, -0.15) is 0 Å². The highest BCUT2D eigenvalue weighted by Gasteiger charge is 2.47. The van der Waals surface area contributed by atoms with Crippen LogP contribution >= 0.6 is 11.6 Å². The van der Waals surface area contributed by atoms with Gasteiger partial charge in [-0.1, -0.05) is 23.7 Å². The number of aliphatic hydroxyl groups excluding tert-OH is 1. The van der Waals surface area contributed by atoms with Crippen molar-refractivity contribution in [2.24, 2.45) is 0 Å². The van der Waals surface area contributed by atoms with Crippen molar-refractivity contribution in [3.63, 3.8) is 0 Å². The molecule has 1 fully saturated rings. The molecule has 4 rings (SSSR count). The van der Waals surface area contributed by atoms with Gasteiger partial charge in [0.15, 0.2) is 0 Å². The summed E-state index contributed by atoms with van der Waals surface area (Å²) < 4.78 is 19.4. The Morgan fingerprint density at radius 3 is 2.66 bits per heavy atom. The number of nitrogens with zero attached hydrogens (tertiary/aromatic N) is 2. The van der Waals surface area contributed by atoms with Crippen LogP contribution in [0.5, 0.6) is 5.75 Å². The molecule has 1 amide bonds. The average molecular weight is 453 g/mol. The van der Waals surface area contributed by atoms with Crippen LogP contribution in [0.3, 0.4) is 0 Å². The lowest BCUT2D eigenvalue weighted by molar-refractivity contribution is -0.132. The Morgan fingerprint density at radius 1 is 1.16 bits per heavy atom. The molecule has 3 aromatic rings. The molecule has 32 heavy (non-hydrogen) atoms. The Hall–Kier alpha value is -3.71. The molecule has 0 bridgehead atoms. The standard InChI is InChI=1S/C24H18ClFN2O4/c1-2-32-16-9-10-18(25)17(13-16)22(29)20-21(19-8-3-4-11-27-19)28(24(31)23(20)30)15-7-5-6-14(26)12-15/h3-13,21,29H,2H2,1H3/b22-20+. The number of ketones is 1. The highest BCUT2D eigenvalue weighted by Crippen LogP contribution is 2.42. The number of anilines is 1. The van der Waals surface area contributed by atoms with Crippen LogP contribution in [-0.2, 0) is 9.59 Å². The quantitative estimate of drug-likeness (QED) is 0.338. The predicted octanol–water partition coefficient (Wildman–Crippen LogP) is 4.90. The Morgan fingerprint density at radius 2 is 1.97 bits per heavy atom. The molecular formula is C24H18ClFN2O4. The van der Waals surface area contributed by atoms with Crippen LogP contribution in [0.25, 0.3) is 5.76 Å². The molecule has 1 N–H and O–H groups in total. The predicted molar refractivity (Wildman–Crippen MR) is 118 cm³/mol. The number of rotatable bonds is 5. The monoisotopic (exact) mass is 452 g/mol. The topological polar surface area (TPSA) is 79.7 Å². The number of carbonyl (C=O) groups is 2. The summed E-state index contributed by atoms with van der Waals surface area (Å²) in [5.74, 6) is -2.45. The Balaban J connectivity index is 1.95. The van der Waals surface area contributed by atoms with Gasteiger partial charge in [-0.25, -0.2) is 4.39 Å². The van der Waals surface area contributed by atoms with Crippen LogP contribution in [0, 0.1) is 5.82 Å². The summed E-state index contributed by atoms with van der Waals surface area (Å²) in [5, 5.41) is 11.3. The number of aromatic nitrogens is 1. The highest BCUT2D eigenvalue weighted by molar-refractivity contribution is 6.52. The minimum atomic E-state index is -1.08. The average Bonchev–Trinajstić information content (AvgIpc) is 3.06. The lowest BCUT2D eigenvalue weighted by Gasteiger charge is -2.24. The normalized spacial score (nSPS) is 17.6. The van der Waals surface area contributed by atoms with E-state index in [0.717, 1.165) is 11.0 Å². The van der Waals surface area contributed by atoms with E-state index in [1.807, 2.05) is 0 Å². The summed E-state index contributed by atoms with van der Waals surface area (Å²) in [6, 6.07) is 13.9. The maximum atomic E-state index is 13.9. The zero-order chi connectivity index (χ0) is 22.8. The van der Waals surface area contributed by atoms with E-state index >= 15 is 0 Å². The van der Waals surface area contributed by atoms with E-state index in [9.17, 15) is 19.1 Å². The van der Waals surface area contributed by atoms with Crippen molar-refractivity contribution in [3.8, 4) is 5.75 Å². The summed E-state index contributed by atoms with van der Waals surface area (Å²) >= 11 is 6.30. The molecular weight excluding hydrogens is 435 g/mol. The molecule has 1 aliphatic heterocycles. The number of hydrogen-bond acceptors (Lipinski definition) is 5. The van der Waals surface area contributed by atoms with Gasteiger partial charge in [-0.05, 0) is 55.5 Å². The first-order valence-corrected chi connectivity index (χ1v) is 10.2. The van der Waals surface area contributed by atoms with Gasteiger partial charge < -0.3 is 9.84 Å². The first kappa shape index (κ1) is 21.5. The molecule has 2 heterocycles. The van der Waals surface area contributed by atoms with Crippen molar-refractivity contribution >= 4 is 34.7 Å². The zero-order valence-corrected chi connectivity index (χ0v) is 17.7. The summed E-state index contributed by atoms with van der Waals surface area (Å²) in [5.41, 5.74) is 0.426. The molecule has 2 aromatic carbocycles. The fourth-order valence-corrected chi connectivity index (χ4v) is 3.84. The van der Waals surface area contributed by atoms with Crippen molar-refractivity contribution in [3.05, 3.63) is 94.5 Å². The van der Waals surface area contributed by atoms with E-state index in [-0.39, 0.29) is 21.8 Å². The maximum Gasteiger partial charge on any atom is 0.300 e. The minimum absolute atomic E-state index is 0.135. The molecule has 1 unspecified atom stereocenters. The molecule has 1 aliphatic rings. The number of ether oxygens (including phenoxy) is 1. The summed E-state index contributed by atoms with van der Waals surface area (Å²) in [6.45, 7) is 2.19. The Bertz CT molecular complexity index is 1230. The number of hydrogen-bond donors (Lipinski definition) is 1. The smallest absolute Gasteiger partial charge is 0.300 e. The van der Waals surface area contributed by atoms with Gasteiger partial charge in [0.2, 0.25) is 0 Å². The minimum Gasteiger partial charge on any atom is -0.507 e. The second-order valence-corrected chi connectivity index (χ2v) is 7.39. The molecule has 1 aromatic heterocycles. The molecule has 0 radical (unpaired) electrons. The number of halogens is 2. The Kier molecular flexibility index (Phi) is 5.92. The first-order chi connectivity index (χ1) is 15.4. The number of pyridine rings is 1. The summed E-state index contributed by atoms with van der Waals surface area (Å²) in [7, 11) is 0. The van der Waals surface area contributed by atoms with Crippen LogP contribution in [0.1, 0.15) is 24.2 Å². The van der Waals surface area contributed by atoms with Gasteiger partial charge in [0.05, 0.1) is 22.9 Å². The van der Waals surface area contributed by atoms with Gasteiger partial charge in [0.25, 0.3) is 11.7 Å². The van der Waals surface area contributed by atoms with Crippen LogP contribution in [-0.4, -0.2) is 28.4 Å². The molecule has 0 aliphatic carbocycles. The first-order valence-electron chi connectivity index (χ1n) is 9.82. The van der Waals surface area contributed by atoms with Gasteiger partial charge in [0.1, 0.15) is 23.4 Å². The fourth-order valence-electron chi connectivity index (χ4n) is 3.63. The van der Waals surface area contributed by atoms with Crippen LogP contribution in [0.15, 0.2) is 72.4 Å². The molecule has 162 valence electrons. The van der Waals surface area contributed by atoms with E-state index in [2.05, 4.69) is 4.98 Å². The molecule has 1 atom stereocenters. The molecule has 8 heteroatoms. The third-order valence-electron chi connectivity index (χ3n) is 5.00. The van der Waals surface area contributed by atoms with Crippen molar-refractivity contribution in [2.45, 2.75) is 13.0 Å². The van der Waals surface area contributed by atoms with E-state index in [1.54, 1.807) is 31.2 Å². The largest absolute Gasteiger partial charge is 0.507 e. The highest BCUT2D eigenvalue weighted by atomic mass is 35.5. The van der Waals surface area contributed by atoms with Crippen molar-refractivity contribution in [1.29, 1.82) is 0 Å². The fraction of sp³-hybridized carbons (Fsp3) is 0.125. The van der Waals surface area contributed by atoms with Crippen molar-refractivity contribution in [1.82, 2.24) is 4.98 Å². The number of benzene rings is 2. The zero-order valence-electron chi connectivity index (χ0n) is 17.0. The van der Waals surface area contributed by atoms with Crippen LogP contribution < -0.4 is 9.64 Å². The van der Waals surface area contributed by atoms with E-state index in [1.165, 1.54) is 36.5 Å². The Labute approximate surface area is 188 Å². The second-order valence-electron chi connectivity index (χ2n) is 6.98. The SMILES string of the molecule is CCOc1ccc(Cl)c(/C(O)=C2\C(=O)C(=O)N(c3cccc(F)c3)C2c2ccccn2)c1. The van der Waals surface area contributed by atoms with E-state index in [0.29, 0.717) is 18.1 Å². The van der Waals surface area contributed by atoms with Gasteiger partial charge in [0, 0.05) is 17.4 Å². The van der Waals surface area contributed by atoms with E-state index in [4.69, 9.17) is 16.3 Å². The summed E-state index contributed by atoms with van der Waals surface area (Å²) in [6.07, 6.45) is 1.50. The maximum absolute atomic E-state index is 13.9. The lowest BCUT2D eigenvalue weighted by atomic mass is 9.98. The molecule has 1 saturated heterocycles. The van der Waals surface area contributed by atoms with Crippen molar-refractivity contribution in [2.75, 3.05) is 11.5 Å². The lowest BCUT2D eigenvalue weighted by Crippen LogP contribution is -2.29. The molecule has 6 nitrogen and oxygen atoms in total. The van der Waals surface area contributed by atoms with Gasteiger partial charge in [-0.3, -0.25) is 19.5 Å². The number of Topliss-reactive ketones (excluding diaryl/α,β-unsaturated/α-hetero) is 1. The van der Waals surface area contributed by atoms with Gasteiger partial charge in [-0.15, -0.1) is 0 Å². The molecule has 0 saturated carbocycles. The third kappa shape index (κ3) is 3.83. The van der Waals surface area contributed by atoms with E-state index < -0.39 is 29.3 Å². The number of amides is 1. The van der Waals surface area contributed by atoms with Crippen LogP contribution in [0.2, 0.25) is 5.02 Å². The van der Waals surface area contributed by atoms with Gasteiger partial charge >= 0.3 is 0 Å². The van der Waals surface area contributed by atoms with Crippen molar-refractivity contribution < 1.29 is 23.8 Å². The third-order valence-corrected chi connectivity index (χ3v) is 5.33. The number of carbonyl (C=O) groups excluding carboxylic acids is 2. The number of aliphatic hydroxyl groups is 1. The van der Waals surface area contributed by atoms with Crippen LogP contribution in [0.4, 0.5) is 10.1 Å².